The zero-order valence-corrected chi connectivity index (χ0v) is 20.7. The van der Waals surface area contributed by atoms with Crippen molar-refractivity contribution in [3.63, 3.8) is 0 Å². The van der Waals surface area contributed by atoms with Crippen molar-refractivity contribution in [3.05, 3.63) is 77.4 Å². The maximum absolute atomic E-state index is 15.5. The average molecular weight is 516 g/mol. The highest BCUT2D eigenvalue weighted by Crippen LogP contribution is 2.37. The lowest BCUT2D eigenvalue weighted by atomic mass is 9.79. The van der Waals surface area contributed by atoms with E-state index in [0.29, 0.717) is 17.5 Å². The first-order valence-corrected chi connectivity index (χ1v) is 13.1. The molecule has 0 radical (unpaired) electrons. The van der Waals surface area contributed by atoms with Gasteiger partial charge in [0.2, 0.25) is 0 Å². The van der Waals surface area contributed by atoms with Crippen molar-refractivity contribution in [2.75, 3.05) is 11.8 Å². The van der Waals surface area contributed by atoms with Crippen molar-refractivity contribution in [2.45, 2.75) is 43.4 Å². The first kappa shape index (κ1) is 25.6. The van der Waals surface area contributed by atoms with Crippen molar-refractivity contribution in [1.82, 2.24) is 0 Å². The average Bonchev–Trinajstić information content (AvgIpc) is 2.84. The van der Waals surface area contributed by atoms with Crippen LogP contribution in [0.3, 0.4) is 0 Å². The second-order valence-corrected chi connectivity index (χ2v) is 10.8. The molecule has 3 aromatic carbocycles. The van der Waals surface area contributed by atoms with Gasteiger partial charge in [-0.3, -0.25) is 4.72 Å². The van der Waals surface area contributed by atoms with Crippen LogP contribution < -0.4 is 9.46 Å². The Bertz CT molecular complexity index is 1380. The number of hydrogen-bond acceptors (Lipinski definition) is 4. The number of sulfonamides is 1. The number of halogens is 2. The Kier molecular flexibility index (Phi) is 7.31. The Balaban J connectivity index is 1.63. The smallest absolute Gasteiger partial charge is 0.338 e. The lowest BCUT2D eigenvalue weighted by molar-refractivity contribution is 0.0691. The van der Waals surface area contributed by atoms with Crippen LogP contribution in [0.2, 0.25) is 0 Å². The molecule has 1 fully saturated rings. The number of benzene rings is 3. The highest BCUT2D eigenvalue weighted by atomic mass is 32.2. The maximum Gasteiger partial charge on any atom is 0.338 e. The highest BCUT2D eigenvalue weighted by Gasteiger charge is 2.25. The van der Waals surface area contributed by atoms with Crippen LogP contribution in [0.25, 0.3) is 11.1 Å². The molecule has 0 unspecified atom stereocenters. The van der Waals surface area contributed by atoms with E-state index in [9.17, 15) is 17.6 Å². The third-order valence-corrected chi connectivity index (χ3v) is 8.11. The number of carboxylic acids is 1. The molecule has 0 aliphatic heterocycles. The second-order valence-electron chi connectivity index (χ2n) is 9.14. The van der Waals surface area contributed by atoms with Gasteiger partial charge < -0.3 is 9.84 Å². The van der Waals surface area contributed by atoms with Crippen molar-refractivity contribution in [1.29, 1.82) is 0 Å². The lowest BCUT2D eigenvalue weighted by Gasteiger charge is -2.26. The molecule has 0 bridgehead atoms. The number of nitrogens with one attached hydrogen (secondary N) is 1. The molecule has 1 aliphatic rings. The molecule has 0 aromatic heterocycles. The van der Waals surface area contributed by atoms with E-state index in [1.807, 2.05) is 12.1 Å². The zero-order chi connectivity index (χ0) is 26.0. The predicted molar refractivity (Wildman–Crippen MR) is 133 cm³/mol. The molecule has 3 aromatic rings. The molecule has 0 heterocycles. The summed E-state index contributed by atoms with van der Waals surface area (Å²) < 4.78 is 62.9. The summed E-state index contributed by atoms with van der Waals surface area (Å²) in [7, 11) is -3.33. The Morgan fingerprint density at radius 2 is 1.69 bits per heavy atom. The highest BCUT2D eigenvalue weighted by molar-refractivity contribution is 7.92. The molecule has 36 heavy (non-hydrogen) atoms. The van der Waals surface area contributed by atoms with E-state index >= 15 is 4.39 Å². The van der Waals surface area contributed by atoms with Crippen molar-refractivity contribution in [3.8, 4) is 16.9 Å². The van der Waals surface area contributed by atoms with Gasteiger partial charge in [0.1, 0.15) is 16.5 Å². The van der Waals surface area contributed by atoms with Gasteiger partial charge in [-0.2, -0.15) is 0 Å². The third kappa shape index (κ3) is 5.21. The van der Waals surface area contributed by atoms with E-state index in [-0.39, 0.29) is 17.0 Å². The molecule has 9 heteroatoms. The molecule has 0 spiro atoms. The van der Waals surface area contributed by atoms with Crippen LogP contribution in [-0.4, -0.2) is 26.6 Å². The van der Waals surface area contributed by atoms with Gasteiger partial charge in [0.15, 0.2) is 5.82 Å². The number of ether oxygens (including phenoxy) is 1. The number of hydrogen-bond donors (Lipinski definition) is 2. The molecule has 6 nitrogen and oxygen atoms in total. The van der Waals surface area contributed by atoms with Crippen LogP contribution in [0.4, 0.5) is 14.5 Å². The summed E-state index contributed by atoms with van der Waals surface area (Å²) in [5.41, 5.74) is 0.800. The number of methoxy groups -OCH3 is 1. The minimum atomic E-state index is -4.51. The van der Waals surface area contributed by atoms with Gasteiger partial charge in [0.25, 0.3) is 10.0 Å². The summed E-state index contributed by atoms with van der Waals surface area (Å²) in [5.74, 6) is -2.67. The molecule has 2 N–H and O–H groups in total. The predicted octanol–water partition coefficient (Wildman–Crippen LogP) is 6.43. The number of anilines is 1. The monoisotopic (exact) mass is 515 g/mol. The Morgan fingerprint density at radius 1 is 1.03 bits per heavy atom. The summed E-state index contributed by atoms with van der Waals surface area (Å²) in [5, 5.41) is 9.08. The number of carbonyl (C=O) groups is 1. The molecular formula is C27H27F2NO5S. The van der Waals surface area contributed by atoms with Gasteiger partial charge in [0.05, 0.1) is 18.4 Å². The summed E-state index contributed by atoms with van der Waals surface area (Å²) in [6.45, 7) is 2.26. The first-order chi connectivity index (χ1) is 17.1. The van der Waals surface area contributed by atoms with Gasteiger partial charge in [-0.15, -0.1) is 0 Å². The SMILES string of the molecule is COc1cc(C(=O)O)c(F)cc1NS(=O)(=O)c1cccc(-c2ccc([C@H]3CC[C@H](C)CC3)cc2)c1F. The van der Waals surface area contributed by atoms with Crippen molar-refractivity contribution in [2.24, 2.45) is 5.92 Å². The van der Waals surface area contributed by atoms with Crippen LogP contribution in [0.1, 0.15) is 54.4 Å². The van der Waals surface area contributed by atoms with E-state index in [4.69, 9.17) is 9.84 Å². The van der Waals surface area contributed by atoms with Crippen LogP contribution >= 0.6 is 0 Å². The molecule has 0 saturated heterocycles. The Labute approximate surface area is 209 Å². The van der Waals surface area contributed by atoms with E-state index < -0.39 is 38.1 Å². The van der Waals surface area contributed by atoms with E-state index in [0.717, 1.165) is 30.9 Å². The molecule has 0 atom stereocenters. The lowest BCUT2D eigenvalue weighted by Crippen LogP contribution is -2.16. The van der Waals surface area contributed by atoms with Crippen LogP contribution in [0.5, 0.6) is 5.75 Å². The zero-order valence-electron chi connectivity index (χ0n) is 19.9. The van der Waals surface area contributed by atoms with Crippen molar-refractivity contribution < 1.29 is 31.8 Å². The van der Waals surface area contributed by atoms with Crippen LogP contribution in [0.15, 0.2) is 59.5 Å². The second kappa shape index (κ2) is 10.3. The molecular weight excluding hydrogens is 488 g/mol. The van der Waals surface area contributed by atoms with Crippen LogP contribution in [-0.2, 0) is 10.0 Å². The fourth-order valence-corrected chi connectivity index (χ4v) is 5.80. The summed E-state index contributed by atoms with van der Waals surface area (Å²) in [6, 6.07) is 13.1. The van der Waals surface area contributed by atoms with E-state index in [2.05, 4.69) is 11.6 Å². The summed E-state index contributed by atoms with van der Waals surface area (Å²) in [4.78, 5) is 10.5. The standard InChI is InChI=1S/C27H27F2NO5S/c1-16-6-8-17(9-7-16)18-10-12-19(13-11-18)20-4-3-5-25(26(20)29)36(33,34)30-23-15-22(28)21(27(31)32)14-24(23)35-2/h3-5,10-17,30H,6-9H2,1-2H3,(H,31,32)/t16-,17-. The third-order valence-electron chi connectivity index (χ3n) is 6.73. The number of rotatable bonds is 7. The molecule has 0 amide bonds. The minimum Gasteiger partial charge on any atom is -0.495 e. The van der Waals surface area contributed by atoms with Gasteiger partial charge in [0, 0.05) is 11.6 Å². The number of aromatic carboxylic acids is 1. The number of carboxylic acid groups (broad SMARTS) is 1. The largest absolute Gasteiger partial charge is 0.495 e. The quantitative estimate of drug-likeness (QED) is 0.378. The van der Waals surface area contributed by atoms with Crippen molar-refractivity contribution >= 4 is 21.7 Å². The molecule has 1 saturated carbocycles. The van der Waals surface area contributed by atoms with E-state index in [1.165, 1.54) is 37.6 Å². The van der Waals surface area contributed by atoms with E-state index in [1.54, 1.807) is 12.1 Å². The normalized spacial score (nSPS) is 18.0. The maximum atomic E-state index is 15.5. The van der Waals surface area contributed by atoms with Gasteiger partial charge >= 0.3 is 5.97 Å². The summed E-state index contributed by atoms with van der Waals surface area (Å²) in [6.07, 6.45) is 4.60. The fourth-order valence-electron chi connectivity index (χ4n) is 4.64. The van der Waals surface area contributed by atoms with Gasteiger partial charge in [-0.25, -0.2) is 22.0 Å². The Hall–Kier alpha value is -3.46. The summed E-state index contributed by atoms with van der Waals surface area (Å²) >= 11 is 0. The Morgan fingerprint density at radius 3 is 2.31 bits per heavy atom. The van der Waals surface area contributed by atoms with Crippen LogP contribution in [0, 0.1) is 17.6 Å². The molecule has 4 rings (SSSR count). The minimum absolute atomic E-state index is 0.112. The van der Waals surface area contributed by atoms with Gasteiger partial charge in [-0.05, 0) is 47.9 Å². The molecule has 1 aliphatic carbocycles. The fraction of sp³-hybridized carbons (Fsp3) is 0.296. The van der Waals surface area contributed by atoms with Gasteiger partial charge in [-0.1, -0.05) is 56.2 Å². The topological polar surface area (TPSA) is 92.7 Å². The molecule has 190 valence electrons. The first-order valence-electron chi connectivity index (χ1n) is 11.6.